The van der Waals surface area contributed by atoms with Gasteiger partial charge in [-0.2, -0.15) is 0 Å². The van der Waals surface area contributed by atoms with Gasteiger partial charge in [0.15, 0.2) is 17.3 Å². The first-order valence-corrected chi connectivity index (χ1v) is 15.1. The van der Waals surface area contributed by atoms with Crippen molar-refractivity contribution in [3.8, 4) is 11.5 Å². The van der Waals surface area contributed by atoms with Gasteiger partial charge in [-0.15, -0.1) is 0 Å². The monoisotopic (exact) mass is 607 g/mol. The number of benzene rings is 4. The van der Waals surface area contributed by atoms with E-state index in [9.17, 15) is 14.0 Å². The summed E-state index contributed by atoms with van der Waals surface area (Å²) in [6, 6.07) is 26.7. The average Bonchev–Trinajstić information content (AvgIpc) is 3.13. The van der Waals surface area contributed by atoms with Gasteiger partial charge in [0, 0.05) is 24.2 Å². The van der Waals surface area contributed by atoms with Gasteiger partial charge in [0.1, 0.15) is 11.6 Å². The Morgan fingerprint density at radius 3 is 2.47 bits per heavy atom. The molecule has 1 heterocycles. The number of halogens is 2. The summed E-state index contributed by atoms with van der Waals surface area (Å²) < 4.78 is 34.4. The summed E-state index contributed by atoms with van der Waals surface area (Å²) in [5.41, 5.74) is 4.14. The molecule has 2 N–H and O–H groups in total. The summed E-state index contributed by atoms with van der Waals surface area (Å²) >= 11 is 0. The van der Waals surface area contributed by atoms with Crippen molar-refractivity contribution >= 4 is 23.1 Å². The number of para-hydroxylation sites is 3. The summed E-state index contributed by atoms with van der Waals surface area (Å²) in [4.78, 5) is 29.5. The van der Waals surface area contributed by atoms with E-state index in [1.54, 1.807) is 48.5 Å². The molecule has 0 saturated heterocycles. The molecule has 1 unspecified atom stereocenters. The summed E-state index contributed by atoms with van der Waals surface area (Å²) in [6.07, 6.45) is 1.51. The van der Waals surface area contributed by atoms with Crippen molar-refractivity contribution < 1.29 is 23.1 Å². The number of carbonyl (C=O) groups excluding carboxylic acids is 2. The van der Waals surface area contributed by atoms with Gasteiger partial charge in [-0.05, 0) is 77.9 Å². The second-order valence-corrected chi connectivity index (χ2v) is 12.3. The van der Waals surface area contributed by atoms with Crippen LogP contribution in [0, 0.1) is 17.0 Å². The molecule has 45 heavy (non-hydrogen) atoms. The molecule has 2 aliphatic rings. The Morgan fingerprint density at radius 1 is 0.956 bits per heavy atom. The minimum atomic E-state index is -0.693. The highest BCUT2D eigenvalue weighted by Gasteiger charge is 2.42. The van der Waals surface area contributed by atoms with Crippen LogP contribution in [0.2, 0.25) is 0 Å². The number of Topliss-reactive ketones (excluding diaryl/α,β-unsaturated/α-hetero) is 1. The minimum absolute atomic E-state index is 0.0249. The van der Waals surface area contributed by atoms with Crippen LogP contribution in [-0.2, 0) is 16.0 Å². The van der Waals surface area contributed by atoms with E-state index in [0.717, 1.165) is 22.6 Å². The van der Waals surface area contributed by atoms with Crippen LogP contribution < -0.4 is 20.3 Å². The Morgan fingerprint density at radius 2 is 1.69 bits per heavy atom. The Kier molecular flexibility index (Phi) is 8.39. The van der Waals surface area contributed by atoms with E-state index in [4.69, 9.17) is 4.74 Å². The molecule has 1 aliphatic carbocycles. The van der Waals surface area contributed by atoms with Crippen molar-refractivity contribution in [3.63, 3.8) is 0 Å². The van der Waals surface area contributed by atoms with Crippen LogP contribution in [0.4, 0.5) is 20.2 Å². The number of anilines is 2. The van der Waals surface area contributed by atoms with E-state index < -0.39 is 11.9 Å². The molecular formula is C37H35F2N3O3. The predicted molar refractivity (Wildman–Crippen MR) is 171 cm³/mol. The molecule has 8 heteroatoms. The molecule has 0 radical (unpaired) electrons. The van der Waals surface area contributed by atoms with E-state index in [0.29, 0.717) is 42.7 Å². The summed E-state index contributed by atoms with van der Waals surface area (Å²) in [7, 11) is 0. The lowest BCUT2D eigenvalue weighted by Gasteiger charge is -2.38. The van der Waals surface area contributed by atoms with Crippen LogP contribution >= 0.6 is 0 Å². The third-order valence-corrected chi connectivity index (χ3v) is 8.21. The fourth-order valence-electron chi connectivity index (χ4n) is 6.17. The number of nitrogens with zero attached hydrogens (tertiary/aromatic N) is 1. The quantitative estimate of drug-likeness (QED) is 0.215. The van der Waals surface area contributed by atoms with Crippen molar-refractivity contribution in [1.29, 1.82) is 0 Å². The second kappa shape index (κ2) is 12.6. The Labute approximate surface area is 261 Å². The van der Waals surface area contributed by atoms with Crippen molar-refractivity contribution in [3.05, 3.63) is 131 Å². The van der Waals surface area contributed by atoms with Gasteiger partial charge in [0.25, 0.3) is 0 Å². The number of ether oxygens (including phenoxy) is 1. The molecule has 1 atom stereocenters. The second-order valence-electron chi connectivity index (χ2n) is 12.3. The predicted octanol–water partition coefficient (Wildman–Crippen LogP) is 7.73. The number of hydrogen-bond acceptors (Lipinski definition) is 5. The Balaban J connectivity index is 1.39. The highest BCUT2D eigenvalue weighted by Crippen LogP contribution is 2.48. The third-order valence-electron chi connectivity index (χ3n) is 8.21. The van der Waals surface area contributed by atoms with Crippen molar-refractivity contribution in [1.82, 2.24) is 5.32 Å². The number of hydrogen-bond donors (Lipinski definition) is 2. The van der Waals surface area contributed by atoms with E-state index in [1.165, 1.54) is 18.2 Å². The molecule has 1 amide bonds. The molecule has 6 nitrogen and oxygen atoms in total. The number of carbonyl (C=O) groups is 2. The van der Waals surface area contributed by atoms with Crippen LogP contribution in [0.15, 0.2) is 108 Å². The smallest absolute Gasteiger partial charge is 0.239 e. The van der Waals surface area contributed by atoms with Crippen LogP contribution in [0.25, 0.3) is 0 Å². The first kappa shape index (κ1) is 30.1. The molecular weight excluding hydrogens is 572 g/mol. The van der Waals surface area contributed by atoms with E-state index in [1.807, 2.05) is 35.2 Å². The molecule has 0 saturated carbocycles. The maximum atomic E-state index is 15.1. The van der Waals surface area contributed by atoms with Crippen molar-refractivity contribution in [2.45, 2.75) is 39.2 Å². The summed E-state index contributed by atoms with van der Waals surface area (Å²) in [5.74, 6) is -0.608. The number of allylic oxidation sites excluding steroid dienone is 1. The third kappa shape index (κ3) is 6.75. The Bertz CT molecular complexity index is 1750. The zero-order valence-electron chi connectivity index (χ0n) is 25.3. The summed E-state index contributed by atoms with van der Waals surface area (Å²) in [5, 5.41) is 6.52. The molecule has 230 valence electrons. The lowest BCUT2D eigenvalue weighted by atomic mass is 9.73. The van der Waals surface area contributed by atoms with E-state index in [2.05, 4.69) is 24.5 Å². The molecule has 0 bridgehead atoms. The summed E-state index contributed by atoms with van der Waals surface area (Å²) in [6.45, 7) is 4.43. The molecule has 0 fully saturated rings. The van der Waals surface area contributed by atoms with E-state index in [-0.39, 0.29) is 35.2 Å². The number of nitrogens with one attached hydrogen (secondary N) is 2. The zero-order chi connectivity index (χ0) is 31.6. The minimum Gasteiger partial charge on any atom is -0.454 e. The Hall–Kier alpha value is -4.98. The number of ketones is 1. The highest BCUT2D eigenvalue weighted by molar-refractivity contribution is 6.02. The molecule has 4 aromatic carbocycles. The molecule has 1 aliphatic heterocycles. The molecule has 0 spiro atoms. The average molecular weight is 608 g/mol. The van der Waals surface area contributed by atoms with Crippen LogP contribution in [0.1, 0.15) is 43.9 Å². The lowest BCUT2D eigenvalue weighted by Crippen LogP contribution is -2.42. The fourth-order valence-corrected chi connectivity index (χ4v) is 6.17. The van der Waals surface area contributed by atoms with Gasteiger partial charge in [-0.1, -0.05) is 62.4 Å². The highest BCUT2D eigenvalue weighted by atomic mass is 19.1. The van der Waals surface area contributed by atoms with E-state index >= 15 is 4.39 Å². The largest absolute Gasteiger partial charge is 0.454 e. The normalized spacial score (nSPS) is 17.1. The fraction of sp³-hybridized carbons (Fsp3) is 0.243. The topological polar surface area (TPSA) is 70.7 Å². The van der Waals surface area contributed by atoms with Gasteiger partial charge >= 0.3 is 0 Å². The van der Waals surface area contributed by atoms with Gasteiger partial charge in [-0.25, -0.2) is 8.78 Å². The lowest BCUT2D eigenvalue weighted by molar-refractivity contribution is -0.120. The standard InChI is InChI=1S/C37H35F2N3O3/c1-37(2)21-30-35(32(43)22-37)36(25-14-17-28(39)33(20-25)45-27-8-4-3-5-9-27)42(31-11-7-6-10-29(31)41-30)23-34(44)40-19-18-24-12-15-26(38)16-13-24/h3-17,20,36,41H,18-19,21-23H2,1-2H3,(H,40,44). The molecule has 4 aromatic rings. The first-order valence-electron chi connectivity index (χ1n) is 15.1. The molecule has 6 rings (SSSR count). The SMILES string of the molecule is CC1(C)CC(=O)C2=C(C1)Nc1ccccc1N(CC(=O)NCCc1ccc(F)cc1)C2c1ccc(F)c(Oc2ccccc2)c1. The number of amides is 1. The van der Waals surface area contributed by atoms with Gasteiger partial charge in [0.05, 0.1) is 24.0 Å². The maximum Gasteiger partial charge on any atom is 0.239 e. The van der Waals surface area contributed by atoms with Crippen LogP contribution in [-0.4, -0.2) is 24.8 Å². The van der Waals surface area contributed by atoms with Crippen LogP contribution in [0.3, 0.4) is 0 Å². The maximum absolute atomic E-state index is 15.1. The number of fused-ring (bicyclic) bond motifs is 1. The van der Waals surface area contributed by atoms with Gasteiger partial charge < -0.3 is 20.3 Å². The van der Waals surface area contributed by atoms with Crippen LogP contribution in [0.5, 0.6) is 11.5 Å². The van der Waals surface area contributed by atoms with Crippen molar-refractivity contribution in [2.24, 2.45) is 5.41 Å². The zero-order valence-corrected chi connectivity index (χ0v) is 25.3. The van der Waals surface area contributed by atoms with Gasteiger partial charge in [-0.3, -0.25) is 9.59 Å². The van der Waals surface area contributed by atoms with Crippen molar-refractivity contribution in [2.75, 3.05) is 23.3 Å². The number of rotatable bonds is 8. The van der Waals surface area contributed by atoms with Gasteiger partial charge in [0.2, 0.25) is 5.91 Å². The molecule has 0 aromatic heterocycles. The first-order chi connectivity index (χ1) is 21.7.